The Labute approximate surface area is 160 Å². The molecule has 1 heterocycles. The van der Waals surface area contributed by atoms with Gasteiger partial charge in [-0.25, -0.2) is 13.4 Å². The van der Waals surface area contributed by atoms with Gasteiger partial charge >= 0.3 is 0 Å². The van der Waals surface area contributed by atoms with Crippen molar-refractivity contribution in [2.45, 2.75) is 32.7 Å². The lowest BCUT2D eigenvalue weighted by atomic mass is 10.1. The predicted octanol–water partition coefficient (Wildman–Crippen LogP) is 3.12. The van der Waals surface area contributed by atoms with Gasteiger partial charge in [0.05, 0.1) is 30.2 Å². The fourth-order valence-corrected chi connectivity index (χ4v) is 3.79. The number of rotatable bonds is 9. The normalized spacial score (nSPS) is 12.3. The van der Waals surface area contributed by atoms with Crippen molar-refractivity contribution in [2.75, 3.05) is 17.6 Å². The van der Waals surface area contributed by atoms with Gasteiger partial charge in [-0.15, -0.1) is 0 Å². The van der Waals surface area contributed by atoms with Crippen LogP contribution in [0.15, 0.2) is 42.6 Å². The lowest BCUT2D eigenvalue weighted by molar-refractivity contribution is 0.0936. The average Bonchev–Trinajstić information content (AvgIpc) is 2.66. The number of carbonyl (C=O) groups is 1. The second-order valence-corrected chi connectivity index (χ2v) is 7.88. The van der Waals surface area contributed by atoms with Gasteiger partial charge in [0.25, 0.3) is 5.91 Å². The first-order valence-electron chi connectivity index (χ1n) is 8.80. The summed E-state index contributed by atoms with van der Waals surface area (Å²) in [6, 6.07) is 9.88. The summed E-state index contributed by atoms with van der Waals surface area (Å²) < 4.78 is 31.7. The van der Waals surface area contributed by atoms with Crippen molar-refractivity contribution in [1.82, 2.24) is 10.3 Å². The molecule has 0 aliphatic heterocycles. The van der Waals surface area contributed by atoms with Gasteiger partial charge in [0.2, 0.25) is 15.9 Å². The van der Waals surface area contributed by atoms with E-state index in [2.05, 4.69) is 15.0 Å². The van der Waals surface area contributed by atoms with Crippen molar-refractivity contribution in [2.24, 2.45) is 0 Å². The van der Waals surface area contributed by atoms with E-state index in [9.17, 15) is 13.2 Å². The number of nitrogens with one attached hydrogen (secondary N) is 2. The molecule has 0 saturated carbocycles. The van der Waals surface area contributed by atoms with E-state index in [1.54, 1.807) is 43.5 Å². The minimum atomic E-state index is -3.49. The van der Waals surface area contributed by atoms with Crippen LogP contribution < -0.4 is 14.8 Å². The van der Waals surface area contributed by atoms with Gasteiger partial charge in [-0.2, -0.15) is 0 Å². The second kappa shape index (κ2) is 9.36. The first-order chi connectivity index (χ1) is 12.9. The maximum Gasteiger partial charge on any atom is 0.253 e. The number of benzene rings is 1. The molecule has 0 spiro atoms. The lowest BCUT2D eigenvalue weighted by Gasteiger charge is -2.19. The molecule has 1 amide bonds. The highest BCUT2D eigenvalue weighted by Gasteiger charge is 2.19. The molecule has 0 saturated heterocycles. The van der Waals surface area contributed by atoms with E-state index < -0.39 is 10.0 Å². The van der Waals surface area contributed by atoms with Crippen LogP contribution in [0.4, 0.5) is 5.69 Å². The molecule has 1 aromatic heterocycles. The van der Waals surface area contributed by atoms with Crippen LogP contribution in [0.5, 0.6) is 5.88 Å². The summed E-state index contributed by atoms with van der Waals surface area (Å²) in [6.45, 7) is 3.73. The van der Waals surface area contributed by atoms with Crippen molar-refractivity contribution in [3.8, 4) is 5.88 Å². The number of nitrogens with zero attached hydrogens (tertiary/aromatic N) is 1. The van der Waals surface area contributed by atoms with E-state index in [-0.39, 0.29) is 29.0 Å². The van der Waals surface area contributed by atoms with Gasteiger partial charge < -0.3 is 10.1 Å². The molecule has 0 bridgehead atoms. The van der Waals surface area contributed by atoms with E-state index in [4.69, 9.17) is 4.74 Å². The number of pyridine rings is 1. The highest BCUT2D eigenvalue weighted by atomic mass is 32.2. The van der Waals surface area contributed by atoms with Crippen molar-refractivity contribution >= 4 is 21.6 Å². The number of anilines is 1. The van der Waals surface area contributed by atoms with Gasteiger partial charge in [-0.1, -0.05) is 32.0 Å². The van der Waals surface area contributed by atoms with Gasteiger partial charge in [-0.05, 0) is 30.5 Å². The number of hydrogen-bond donors (Lipinski definition) is 2. The third-order valence-corrected chi connectivity index (χ3v) is 5.47. The summed E-state index contributed by atoms with van der Waals surface area (Å²) in [5.41, 5.74) is 1.39. The molecule has 0 radical (unpaired) electrons. The Morgan fingerprint density at radius 2 is 1.93 bits per heavy atom. The van der Waals surface area contributed by atoms with Gasteiger partial charge in [0.1, 0.15) is 0 Å². The van der Waals surface area contributed by atoms with Crippen LogP contribution in [0, 0.1) is 0 Å². The molecule has 7 nitrogen and oxygen atoms in total. The number of amides is 1. The van der Waals surface area contributed by atoms with Crippen LogP contribution in [0.25, 0.3) is 0 Å². The molecule has 0 fully saturated rings. The zero-order valence-electron chi connectivity index (χ0n) is 15.7. The number of sulfonamides is 1. The van der Waals surface area contributed by atoms with E-state index >= 15 is 0 Å². The second-order valence-electron chi connectivity index (χ2n) is 6.03. The molecule has 0 unspecified atom stereocenters. The first-order valence-corrected chi connectivity index (χ1v) is 10.5. The van der Waals surface area contributed by atoms with Crippen LogP contribution in [-0.4, -0.2) is 32.2 Å². The summed E-state index contributed by atoms with van der Waals surface area (Å²) >= 11 is 0. The summed E-state index contributed by atoms with van der Waals surface area (Å²) in [5, 5.41) is 2.94. The van der Waals surface area contributed by atoms with Crippen molar-refractivity contribution in [3.05, 3.63) is 53.7 Å². The third-order valence-electron chi connectivity index (χ3n) is 3.99. The summed E-state index contributed by atoms with van der Waals surface area (Å²) in [5.74, 6) is 0.140. The third kappa shape index (κ3) is 5.68. The maximum atomic E-state index is 12.8. The average molecular weight is 391 g/mol. The molecule has 27 heavy (non-hydrogen) atoms. The van der Waals surface area contributed by atoms with E-state index in [1.807, 2.05) is 13.0 Å². The predicted molar refractivity (Wildman–Crippen MR) is 105 cm³/mol. The topological polar surface area (TPSA) is 97.4 Å². The molecule has 1 aromatic carbocycles. The SMILES string of the molecule is CCCS(=O)(=O)Nc1ccccc1C(=O)N[C@H](CC)c1ccc(OC)nc1. The Morgan fingerprint density at radius 1 is 1.19 bits per heavy atom. The van der Waals surface area contributed by atoms with Crippen LogP contribution in [-0.2, 0) is 10.0 Å². The fourth-order valence-electron chi connectivity index (χ4n) is 2.63. The molecule has 0 aliphatic carbocycles. The van der Waals surface area contributed by atoms with Gasteiger partial charge in [0, 0.05) is 12.3 Å². The first kappa shape index (κ1) is 20.7. The van der Waals surface area contributed by atoms with E-state index in [1.165, 1.54) is 7.11 Å². The van der Waals surface area contributed by atoms with Crippen LogP contribution in [0.1, 0.15) is 48.7 Å². The molecular weight excluding hydrogens is 366 g/mol. The monoisotopic (exact) mass is 391 g/mol. The number of aromatic nitrogens is 1. The minimum Gasteiger partial charge on any atom is -0.481 e. The van der Waals surface area contributed by atoms with E-state index in [0.717, 1.165) is 5.56 Å². The van der Waals surface area contributed by atoms with Crippen LogP contribution >= 0.6 is 0 Å². The molecular formula is C19H25N3O4S. The van der Waals surface area contributed by atoms with Crippen LogP contribution in [0.2, 0.25) is 0 Å². The lowest BCUT2D eigenvalue weighted by Crippen LogP contribution is -2.29. The van der Waals surface area contributed by atoms with Gasteiger partial charge in [-0.3, -0.25) is 9.52 Å². The quantitative estimate of drug-likeness (QED) is 0.684. The Hall–Kier alpha value is -2.61. The Bertz CT molecular complexity index is 867. The zero-order valence-corrected chi connectivity index (χ0v) is 16.5. The number of ether oxygens (including phenoxy) is 1. The minimum absolute atomic E-state index is 0.00193. The van der Waals surface area contributed by atoms with Crippen LogP contribution in [0.3, 0.4) is 0 Å². The van der Waals surface area contributed by atoms with Gasteiger partial charge in [0.15, 0.2) is 0 Å². The number of methoxy groups -OCH3 is 1. The number of carbonyl (C=O) groups excluding carboxylic acids is 1. The maximum absolute atomic E-state index is 12.8. The smallest absolute Gasteiger partial charge is 0.253 e. The summed E-state index contributed by atoms with van der Waals surface area (Å²) in [6.07, 6.45) is 2.80. The molecule has 2 N–H and O–H groups in total. The highest BCUT2D eigenvalue weighted by molar-refractivity contribution is 7.92. The Morgan fingerprint density at radius 3 is 2.52 bits per heavy atom. The number of hydrogen-bond acceptors (Lipinski definition) is 5. The highest BCUT2D eigenvalue weighted by Crippen LogP contribution is 2.21. The molecule has 8 heteroatoms. The summed E-state index contributed by atoms with van der Waals surface area (Å²) in [4.78, 5) is 17.0. The van der Waals surface area contributed by atoms with Crippen molar-refractivity contribution in [1.29, 1.82) is 0 Å². The largest absolute Gasteiger partial charge is 0.481 e. The van der Waals surface area contributed by atoms with E-state index in [0.29, 0.717) is 18.7 Å². The van der Waals surface area contributed by atoms with Crippen molar-refractivity contribution < 1.29 is 17.9 Å². The number of para-hydroxylation sites is 1. The zero-order chi connectivity index (χ0) is 19.9. The summed E-state index contributed by atoms with van der Waals surface area (Å²) in [7, 11) is -1.95. The fraction of sp³-hybridized carbons (Fsp3) is 0.368. The molecule has 0 aliphatic rings. The Balaban J connectivity index is 2.21. The standard InChI is InChI=1S/C19H25N3O4S/c1-4-12-27(24,25)22-17-9-7-6-8-15(17)19(23)21-16(5-2)14-10-11-18(26-3)20-13-14/h6-11,13,16,22H,4-5,12H2,1-3H3,(H,21,23)/t16-/m1/s1. The Kier molecular flexibility index (Phi) is 7.18. The molecule has 2 rings (SSSR count). The molecule has 1 atom stereocenters. The molecule has 146 valence electrons. The van der Waals surface area contributed by atoms with Crippen molar-refractivity contribution in [3.63, 3.8) is 0 Å². The molecule has 2 aromatic rings.